The Bertz CT molecular complexity index is 506. The van der Waals surface area contributed by atoms with Gasteiger partial charge in [-0.3, -0.25) is 5.43 Å². The third-order valence-electron chi connectivity index (χ3n) is 2.21. The van der Waals surface area contributed by atoms with Crippen molar-refractivity contribution in [3.8, 4) is 5.75 Å². The summed E-state index contributed by atoms with van der Waals surface area (Å²) < 4.78 is 28.6. The molecule has 0 spiro atoms. The van der Waals surface area contributed by atoms with E-state index in [0.29, 0.717) is 22.9 Å². The predicted molar refractivity (Wildman–Crippen MR) is 79.2 cm³/mol. The molecule has 0 aliphatic carbocycles. The summed E-state index contributed by atoms with van der Waals surface area (Å²) in [5, 5.41) is 7.25. The summed E-state index contributed by atoms with van der Waals surface area (Å²) in [6.07, 6.45) is 1.66. The summed E-state index contributed by atoms with van der Waals surface area (Å²) in [6, 6.07) is 6.28. The molecule has 0 fully saturated rings. The summed E-state index contributed by atoms with van der Waals surface area (Å²) in [5.74, 6) is 0.0828. The third-order valence-corrected chi connectivity index (χ3v) is 2.44. The number of nitrogens with one attached hydrogen (secondary N) is 2. The lowest BCUT2D eigenvalue weighted by Gasteiger charge is -2.08. The average Bonchev–Trinajstić information content (AvgIpc) is 2.42. The number of alkyl halides is 2. The number of hydrazone groups is 1. The normalized spacial score (nSPS) is 11.1. The quantitative estimate of drug-likeness (QED) is 0.367. The van der Waals surface area contributed by atoms with Crippen LogP contribution in [0.5, 0.6) is 5.75 Å². The number of ether oxygens (including phenoxy) is 1. The van der Waals surface area contributed by atoms with Crippen LogP contribution in [0.2, 0.25) is 0 Å². The van der Waals surface area contributed by atoms with E-state index in [1.807, 2.05) is 0 Å². The van der Waals surface area contributed by atoms with E-state index in [4.69, 9.17) is 12.2 Å². The summed E-state index contributed by atoms with van der Waals surface area (Å²) in [7, 11) is 0. The summed E-state index contributed by atoms with van der Waals surface area (Å²) in [6.45, 7) is 2.95. The van der Waals surface area contributed by atoms with Gasteiger partial charge in [-0.15, -0.1) is 6.58 Å². The highest BCUT2D eigenvalue weighted by molar-refractivity contribution is 7.80. The van der Waals surface area contributed by atoms with Crippen LogP contribution in [0.3, 0.4) is 0 Å². The van der Waals surface area contributed by atoms with Gasteiger partial charge in [0, 0.05) is 12.1 Å². The van der Waals surface area contributed by atoms with E-state index in [2.05, 4.69) is 27.2 Å². The van der Waals surface area contributed by atoms with Gasteiger partial charge in [0.15, 0.2) is 5.11 Å². The first-order valence-corrected chi connectivity index (χ1v) is 6.18. The minimum absolute atomic E-state index is 0.0828. The maximum absolute atomic E-state index is 12.1. The number of halogens is 2. The predicted octanol–water partition coefficient (Wildman–Crippen LogP) is 2.66. The van der Waals surface area contributed by atoms with Gasteiger partial charge < -0.3 is 10.1 Å². The molecule has 4 nitrogen and oxygen atoms in total. The Morgan fingerprint density at radius 1 is 1.55 bits per heavy atom. The van der Waals surface area contributed by atoms with Crippen molar-refractivity contribution in [3.05, 3.63) is 42.5 Å². The highest BCUT2D eigenvalue weighted by Crippen LogP contribution is 2.16. The Balaban J connectivity index is 2.68. The van der Waals surface area contributed by atoms with Crippen molar-refractivity contribution in [2.45, 2.75) is 13.5 Å². The molecular formula is C13H15F2N3OS. The monoisotopic (exact) mass is 299 g/mol. The zero-order valence-corrected chi connectivity index (χ0v) is 11.7. The van der Waals surface area contributed by atoms with Gasteiger partial charge in [0.05, 0.1) is 5.71 Å². The smallest absolute Gasteiger partial charge is 0.387 e. The maximum atomic E-state index is 12.1. The molecule has 0 saturated carbocycles. The van der Waals surface area contributed by atoms with Crippen LogP contribution in [0.15, 0.2) is 42.0 Å². The van der Waals surface area contributed by atoms with Gasteiger partial charge >= 0.3 is 6.61 Å². The van der Waals surface area contributed by atoms with E-state index >= 15 is 0 Å². The molecule has 1 aromatic rings. The average molecular weight is 299 g/mol. The molecule has 108 valence electrons. The molecule has 20 heavy (non-hydrogen) atoms. The molecule has 0 amide bonds. The topological polar surface area (TPSA) is 45.7 Å². The summed E-state index contributed by atoms with van der Waals surface area (Å²) in [4.78, 5) is 0. The van der Waals surface area contributed by atoms with Gasteiger partial charge in [0.25, 0.3) is 0 Å². The van der Waals surface area contributed by atoms with Crippen molar-refractivity contribution >= 4 is 23.0 Å². The van der Waals surface area contributed by atoms with Crippen molar-refractivity contribution in [2.75, 3.05) is 6.54 Å². The number of thiocarbonyl (C=S) groups is 1. The first-order chi connectivity index (χ1) is 9.52. The van der Waals surface area contributed by atoms with Gasteiger partial charge in [-0.05, 0) is 31.3 Å². The van der Waals surface area contributed by atoms with Crippen molar-refractivity contribution in [1.82, 2.24) is 10.7 Å². The molecule has 0 aliphatic heterocycles. The van der Waals surface area contributed by atoms with Crippen molar-refractivity contribution in [2.24, 2.45) is 5.10 Å². The van der Waals surface area contributed by atoms with E-state index in [1.165, 1.54) is 12.1 Å². The van der Waals surface area contributed by atoms with E-state index in [0.717, 1.165) is 0 Å². The molecule has 0 saturated heterocycles. The van der Waals surface area contributed by atoms with E-state index in [1.54, 1.807) is 25.1 Å². The van der Waals surface area contributed by atoms with Gasteiger partial charge in [0.1, 0.15) is 5.75 Å². The molecule has 2 N–H and O–H groups in total. The van der Waals surface area contributed by atoms with Crippen molar-refractivity contribution in [1.29, 1.82) is 0 Å². The largest absolute Gasteiger partial charge is 0.435 e. The van der Waals surface area contributed by atoms with Gasteiger partial charge in [-0.1, -0.05) is 18.2 Å². The van der Waals surface area contributed by atoms with Crippen molar-refractivity contribution < 1.29 is 13.5 Å². The molecule has 0 unspecified atom stereocenters. The number of hydrogen-bond acceptors (Lipinski definition) is 3. The first-order valence-electron chi connectivity index (χ1n) is 5.77. The molecule has 0 radical (unpaired) electrons. The van der Waals surface area contributed by atoms with Gasteiger partial charge in [-0.2, -0.15) is 13.9 Å². The van der Waals surface area contributed by atoms with E-state index in [-0.39, 0.29) is 5.75 Å². The van der Waals surface area contributed by atoms with Crippen LogP contribution >= 0.6 is 12.2 Å². The standard InChI is InChI=1S/C13H15F2N3OS/c1-3-7-16-13(20)18-17-9(2)10-5-4-6-11(8-10)19-12(14)15/h3-6,8,12H,1,7H2,2H3,(H2,16,18,20)/b17-9-. The van der Waals surface area contributed by atoms with Crippen molar-refractivity contribution in [3.63, 3.8) is 0 Å². The van der Waals surface area contributed by atoms with Gasteiger partial charge in [-0.25, -0.2) is 0 Å². The number of benzene rings is 1. The van der Waals surface area contributed by atoms with Crippen LogP contribution in [0.25, 0.3) is 0 Å². The zero-order valence-electron chi connectivity index (χ0n) is 10.9. The highest BCUT2D eigenvalue weighted by atomic mass is 32.1. The molecule has 0 atom stereocenters. The molecule has 1 aromatic carbocycles. The second kappa shape index (κ2) is 8.21. The lowest BCUT2D eigenvalue weighted by molar-refractivity contribution is -0.0498. The minimum atomic E-state index is -2.85. The van der Waals surface area contributed by atoms with Crippen LogP contribution in [0.4, 0.5) is 8.78 Å². The Kier molecular flexibility index (Phi) is 6.58. The van der Waals surface area contributed by atoms with Gasteiger partial charge in [0.2, 0.25) is 0 Å². The van der Waals surface area contributed by atoms with Crippen LogP contribution in [0, 0.1) is 0 Å². The van der Waals surface area contributed by atoms with Crippen LogP contribution in [-0.2, 0) is 0 Å². The summed E-state index contributed by atoms with van der Waals surface area (Å²) in [5.41, 5.74) is 3.89. The Morgan fingerprint density at radius 2 is 2.30 bits per heavy atom. The number of rotatable bonds is 6. The molecule has 0 aromatic heterocycles. The SMILES string of the molecule is C=CCNC(=S)N/N=C(/C)c1cccc(OC(F)F)c1. The molecule has 0 aliphatic rings. The Labute approximate surface area is 121 Å². The lowest BCUT2D eigenvalue weighted by atomic mass is 10.1. The van der Waals surface area contributed by atoms with Crippen LogP contribution in [0.1, 0.15) is 12.5 Å². The second-order valence-corrected chi connectivity index (χ2v) is 4.12. The Morgan fingerprint density at radius 3 is 2.95 bits per heavy atom. The molecule has 0 bridgehead atoms. The maximum Gasteiger partial charge on any atom is 0.387 e. The van der Waals surface area contributed by atoms with E-state index < -0.39 is 6.61 Å². The lowest BCUT2D eigenvalue weighted by Crippen LogP contribution is -2.32. The number of hydrogen-bond donors (Lipinski definition) is 2. The first kappa shape index (κ1) is 16.0. The fourth-order valence-corrected chi connectivity index (χ4v) is 1.43. The summed E-state index contributed by atoms with van der Waals surface area (Å²) >= 11 is 4.97. The molecule has 1 rings (SSSR count). The minimum Gasteiger partial charge on any atom is -0.435 e. The molecule has 0 heterocycles. The van der Waals surface area contributed by atoms with Crippen LogP contribution < -0.4 is 15.5 Å². The van der Waals surface area contributed by atoms with E-state index in [9.17, 15) is 8.78 Å². The molecule has 7 heteroatoms. The second-order valence-electron chi connectivity index (χ2n) is 3.71. The van der Waals surface area contributed by atoms with Crippen LogP contribution in [-0.4, -0.2) is 24.0 Å². The highest BCUT2D eigenvalue weighted by Gasteiger charge is 2.06. The molecular weight excluding hydrogens is 284 g/mol. The fraction of sp³-hybridized carbons (Fsp3) is 0.231. The Hall–Kier alpha value is -2.02. The third kappa shape index (κ3) is 5.75. The number of nitrogens with zero attached hydrogens (tertiary/aromatic N) is 1. The fourth-order valence-electron chi connectivity index (χ4n) is 1.30. The zero-order chi connectivity index (χ0) is 15.0.